The molecule has 0 saturated carbocycles. The van der Waals surface area contributed by atoms with E-state index in [1.165, 1.54) is 4.90 Å². The molecule has 30 heavy (non-hydrogen) atoms. The van der Waals surface area contributed by atoms with Crippen molar-refractivity contribution in [1.82, 2.24) is 0 Å². The van der Waals surface area contributed by atoms with Gasteiger partial charge in [-0.1, -0.05) is 60.1 Å². The first-order chi connectivity index (χ1) is 14.5. The van der Waals surface area contributed by atoms with Crippen molar-refractivity contribution in [3.8, 4) is 22.6 Å². The molecule has 0 spiro atoms. The Hall–Kier alpha value is -3.51. The van der Waals surface area contributed by atoms with Crippen LogP contribution in [0.2, 0.25) is 5.02 Å². The van der Waals surface area contributed by atoms with Gasteiger partial charge in [-0.15, -0.1) is 0 Å². The summed E-state index contributed by atoms with van der Waals surface area (Å²) in [5.74, 6) is -0.146. The number of hydrogen-bond acceptors (Lipinski definition) is 4. The highest BCUT2D eigenvalue weighted by molar-refractivity contribution is 6.32. The van der Waals surface area contributed by atoms with Crippen molar-refractivity contribution in [2.45, 2.75) is 6.10 Å². The summed E-state index contributed by atoms with van der Waals surface area (Å²) in [6.45, 7) is -0.223. The quantitative estimate of drug-likeness (QED) is 0.680. The Labute approximate surface area is 178 Å². The minimum Gasteiger partial charge on any atom is -0.482 e. The van der Waals surface area contributed by atoms with Gasteiger partial charge in [-0.2, -0.15) is 0 Å². The zero-order valence-corrected chi connectivity index (χ0v) is 16.7. The Balaban J connectivity index is 1.49. The van der Waals surface area contributed by atoms with E-state index in [4.69, 9.17) is 26.8 Å². The molecule has 0 aromatic heterocycles. The van der Waals surface area contributed by atoms with Gasteiger partial charge in [0, 0.05) is 0 Å². The van der Waals surface area contributed by atoms with Crippen LogP contribution < -0.4 is 20.1 Å². The fourth-order valence-electron chi connectivity index (χ4n) is 3.26. The summed E-state index contributed by atoms with van der Waals surface area (Å²) < 4.78 is 11.3. The lowest BCUT2D eigenvalue weighted by molar-refractivity contribution is -0.125. The lowest BCUT2D eigenvalue weighted by atomic mass is 10.1. The lowest BCUT2D eigenvalue weighted by Gasteiger charge is -2.33. The molecule has 2 N–H and O–H groups in total. The zero-order valence-electron chi connectivity index (χ0n) is 16.0. The molecular formula is C23H19ClN2O4. The number of carbonyl (C=O) groups excluding carboxylic acids is 2. The van der Waals surface area contributed by atoms with Crippen molar-refractivity contribution >= 4 is 29.1 Å². The number of nitrogens with zero attached hydrogens (tertiary/aromatic N) is 1. The number of ether oxygens (including phenoxy) is 2. The largest absolute Gasteiger partial charge is 0.482 e. The molecule has 1 aliphatic rings. The molecule has 0 aliphatic carbocycles. The van der Waals surface area contributed by atoms with E-state index in [0.717, 1.165) is 11.1 Å². The number of carbonyl (C=O) groups is 2. The Kier molecular flexibility index (Phi) is 5.59. The minimum atomic E-state index is -0.919. The SMILES string of the molecule is NC(=O)C1CN(C(=O)COc2ccc(-c3ccccc3)cc2Cl)c2ccccc2O1. The van der Waals surface area contributed by atoms with Crippen molar-refractivity contribution in [2.75, 3.05) is 18.1 Å². The predicted octanol–water partition coefficient (Wildman–Crippen LogP) is 3.67. The van der Waals surface area contributed by atoms with E-state index in [-0.39, 0.29) is 19.1 Å². The van der Waals surface area contributed by atoms with Crippen LogP contribution >= 0.6 is 11.6 Å². The third kappa shape index (κ3) is 4.09. The monoisotopic (exact) mass is 422 g/mol. The molecule has 0 saturated heterocycles. The first-order valence-electron chi connectivity index (χ1n) is 9.36. The van der Waals surface area contributed by atoms with Gasteiger partial charge in [0.25, 0.3) is 11.8 Å². The molecule has 3 aromatic rings. The molecule has 3 aromatic carbocycles. The second kappa shape index (κ2) is 8.47. The molecule has 0 bridgehead atoms. The summed E-state index contributed by atoms with van der Waals surface area (Å²) in [5, 5.41) is 0.404. The van der Waals surface area contributed by atoms with Crippen molar-refractivity contribution in [2.24, 2.45) is 5.73 Å². The number of halogens is 1. The summed E-state index contributed by atoms with van der Waals surface area (Å²) in [6, 6.07) is 22.2. The third-order valence-corrected chi connectivity index (χ3v) is 5.08. The first kappa shape index (κ1) is 19.8. The number of primary amides is 1. The van der Waals surface area contributed by atoms with E-state index in [1.54, 1.807) is 36.4 Å². The van der Waals surface area contributed by atoms with Crippen LogP contribution in [0.5, 0.6) is 11.5 Å². The molecule has 1 aliphatic heterocycles. The fourth-order valence-corrected chi connectivity index (χ4v) is 3.50. The Bertz CT molecular complexity index is 1090. The lowest BCUT2D eigenvalue weighted by Crippen LogP contribution is -2.50. The van der Waals surface area contributed by atoms with E-state index in [1.807, 2.05) is 36.4 Å². The molecule has 0 radical (unpaired) electrons. The molecule has 1 atom stereocenters. The summed E-state index contributed by atoms with van der Waals surface area (Å²) in [7, 11) is 0. The maximum Gasteiger partial charge on any atom is 0.265 e. The van der Waals surface area contributed by atoms with Crippen LogP contribution in [0.25, 0.3) is 11.1 Å². The van der Waals surface area contributed by atoms with Crippen molar-refractivity contribution in [3.63, 3.8) is 0 Å². The van der Waals surface area contributed by atoms with Crippen LogP contribution in [0.4, 0.5) is 5.69 Å². The third-order valence-electron chi connectivity index (χ3n) is 4.78. The maximum absolute atomic E-state index is 12.9. The smallest absolute Gasteiger partial charge is 0.265 e. The van der Waals surface area contributed by atoms with Crippen molar-refractivity contribution < 1.29 is 19.1 Å². The number of anilines is 1. The van der Waals surface area contributed by atoms with Gasteiger partial charge in [0.15, 0.2) is 12.7 Å². The van der Waals surface area contributed by atoms with Crippen LogP contribution in [0, 0.1) is 0 Å². The van der Waals surface area contributed by atoms with Crippen molar-refractivity contribution in [3.05, 3.63) is 77.8 Å². The van der Waals surface area contributed by atoms with E-state index < -0.39 is 12.0 Å². The summed E-state index contributed by atoms with van der Waals surface area (Å²) in [4.78, 5) is 25.9. The predicted molar refractivity (Wildman–Crippen MR) is 115 cm³/mol. The van der Waals surface area contributed by atoms with Crippen LogP contribution in [0.15, 0.2) is 72.8 Å². The first-order valence-corrected chi connectivity index (χ1v) is 9.74. The van der Waals surface area contributed by atoms with E-state index in [9.17, 15) is 9.59 Å². The number of para-hydroxylation sites is 2. The topological polar surface area (TPSA) is 81.9 Å². The Morgan fingerprint density at radius 3 is 2.50 bits per heavy atom. The van der Waals surface area contributed by atoms with Crippen LogP contribution in [-0.2, 0) is 9.59 Å². The number of hydrogen-bond donors (Lipinski definition) is 1. The Morgan fingerprint density at radius 2 is 1.77 bits per heavy atom. The highest BCUT2D eigenvalue weighted by Gasteiger charge is 2.32. The van der Waals surface area contributed by atoms with Crippen molar-refractivity contribution in [1.29, 1.82) is 0 Å². The summed E-state index contributed by atoms with van der Waals surface area (Å²) >= 11 is 6.36. The van der Waals surface area contributed by atoms with Gasteiger partial charge in [-0.05, 0) is 35.4 Å². The van der Waals surface area contributed by atoms with Crippen LogP contribution in [-0.4, -0.2) is 31.1 Å². The number of amides is 2. The van der Waals surface area contributed by atoms with Gasteiger partial charge in [0.1, 0.15) is 11.5 Å². The molecule has 7 heteroatoms. The van der Waals surface area contributed by atoms with Crippen LogP contribution in [0.3, 0.4) is 0 Å². The molecule has 1 heterocycles. The average Bonchev–Trinajstić information content (AvgIpc) is 2.77. The number of fused-ring (bicyclic) bond motifs is 1. The molecule has 6 nitrogen and oxygen atoms in total. The highest BCUT2D eigenvalue weighted by Crippen LogP contribution is 2.34. The molecular weight excluding hydrogens is 404 g/mol. The summed E-state index contributed by atoms with van der Waals surface area (Å²) in [6.07, 6.45) is -0.919. The van der Waals surface area contributed by atoms with Gasteiger partial charge in [0.2, 0.25) is 0 Å². The van der Waals surface area contributed by atoms with Gasteiger partial charge < -0.3 is 20.1 Å². The van der Waals surface area contributed by atoms with Gasteiger partial charge in [-0.3, -0.25) is 9.59 Å². The zero-order chi connectivity index (χ0) is 21.1. The second-order valence-electron chi connectivity index (χ2n) is 6.78. The standard InChI is InChI=1S/C23H19ClN2O4/c24-17-12-16(15-6-2-1-3-7-15)10-11-19(17)29-14-22(27)26-13-21(23(25)28)30-20-9-5-4-8-18(20)26/h1-12,21H,13-14H2,(H2,25,28). The number of rotatable bonds is 5. The summed E-state index contributed by atoms with van der Waals surface area (Å²) in [5.41, 5.74) is 7.93. The number of nitrogens with two attached hydrogens (primary N) is 1. The van der Waals surface area contributed by atoms with Crippen LogP contribution in [0.1, 0.15) is 0 Å². The fraction of sp³-hybridized carbons (Fsp3) is 0.130. The molecule has 0 fully saturated rings. The molecule has 1 unspecified atom stereocenters. The maximum atomic E-state index is 12.9. The minimum absolute atomic E-state index is 0.0230. The van der Waals surface area contributed by atoms with E-state index in [0.29, 0.717) is 22.2 Å². The normalized spacial score (nSPS) is 15.1. The number of benzene rings is 3. The highest BCUT2D eigenvalue weighted by atomic mass is 35.5. The van der Waals surface area contributed by atoms with E-state index >= 15 is 0 Å². The molecule has 4 rings (SSSR count). The Morgan fingerprint density at radius 1 is 1.03 bits per heavy atom. The second-order valence-corrected chi connectivity index (χ2v) is 7.19. The molecule has 152 valence electrons. The molecule has 2 amide bonds. The van der Waals surface area contributed by atoms with E-state index in [2.05, 4.69) is 0 Å². The van der Waals surface area contributed by atoms with Gasteiger partial charge >= 0.3 is 0 Å². The van der Waals surface area contributed by atoms with Gasteiger partial charge in [0.05, 0.1) is 17.3 Å². The van der Waals surface area contributed by atoms with Gasteiger partial charge in [-0.25, -0.2) is 0 Å². The average molecular weight is 423 g/mol.